The molecule has 0 aliphatic rings. The molecular formula is C29H29NO8. The number of amides is 1. The molecule has 0 aliphatic heterocycles. The summed E-state index contributed by atoms with van der Waals surface area (Å²) in [4.78, 5) is 36.7. The predicted molar refractivity (Wildman–Crippen MR) is 142 cm³/mol. The van der Waals surface area contributed by atoms with Crippen molar-refractivity contribution in [3.05, 3.63) is 83.4 Å². The van der Waals surface area contributed by atoms with Crippen LogP contribution < -0.4 is 14.2 Å². The summed E-state index contributed by atoms with van der Waals surface area (Å²) in [6.45, 7) is 0. The van der Waals surface area contributed by atoms with E-state index in [9.17, 15) is 14.4 Å². The standard InChI is InChI=1S/C29H29NO8/c1-30(2)27(31)25(20-15-23(36-3)17-24(16-20)37-4)13-18-5-9-21(10-6-18)38-22-11-7-19(8-12-22)14-26(28(32)33)29(34)35/h5-13,15-17,26H,14H2,1-4H3,(H,32,33)(H,34,35). The van der Waals surface area contributed by atoms with Gasteiger partial charge in [0, 0.05) is 25.7 Å². The van der Waals surface area contributed by atoms with Crippen LogP contribution in [-0.4, -0.2) is 61.3 Å². The maximum atomic E-state index is 13.0. The van der Waals surface area contributed by atoms with Gasteiger partial charge in [0.25, 0.3) is 5.91 Å². The molecule has 0 aromatic heterocycles. The van der Waals surface area contributed by atoms with Crippen LogP contribution in [-0.2, 0) is 20.8 Å². The Balaban J connectivity index is 1.81. The van der Waals surface area contributed by atoms with E-state index in [1.54, 1.807) is 89.0 Å². The third-order valence-corrected chi connectivity index (χ3v) is 5.69. The zero-order valence-corrected chi connectivity index (χ0v) is 21.5. The fourth-order valence-electron chi connectivity index (χ4n) is 3.62. The zero-order chi connectivity index (χ0) is 27.8. The summed E-state index contributed by atoms with van der Waals surface area (Å²) in [6.07, 6.45) is 1.65. The Labute approximate surface area is 220 Å². The van der Waals surface area contributed by atoms with Crippen molar-refractivity contribution in [2.24, 2.45) is 5.92 Å². The number of carbonyl (C=O) groups is 3. The van der Waals surface area contributed by atoms with Gasteiger partial charge in [-0.15, -0.1) is 0 Å². The summed E-state index contributed by atoms with van der Waals surface area (Å²) in [5.41, 5.74) is 2.44. The van der Waals surface area contributed by atoms with Crippen LogP contribution in [0.15, 0.2) is 66.7 Å². The molecule has 0 unspecified atom stereocenters. The molecule has 3 rings (SSSR count). The van der Waals surface area contributed by atoms with Gasteiger partial charge >= 0.3 is 11.9 Å². The monoisotopic (exact) mass is 519 g/mol. The number of methoxy groups -OCH3 is 2. The quantitative estimate of drug-likeness (QED) is 0.216. The second-order valence-corrected chi connectivity index (χ2v) is 8.61. The van der Waals surface area contributed by atoms with Crippen LogP contribution in [0.1, 0.15) is 16.7 Å². The molecule has 0 aliphatic carbocycles. The fourth-order valence-corrected chi connectivity index (χ4v) is 3.62. The van der Waals surface area contributed by atoms with Gasteiger partial charge in [0.2, 0.25) is 0 Å². The minimum absolute atomic E-state index is 0.126. The summed E-state index contributed by atoms with van der Waals surface area (Å²) in [6, 6.07) is 19.0. The highest BCUT2D eigenvalue weighted by Gasteiger charge is 2.25. The van der Waals surface area contributed by atoms with Crippen molar-refractivity contribution < 1.29 is 38.8 Å². The summed E-state index contributed by atoms with van der Waals surface area (Å²) in [7, 11) is 6.45. The lowest BCUT2D eigenvalue weighted by Crippen LogP contribution is -2.25. The number of carboxylic acids is 2. The molecule has 0 radical (unpaired) electrons. The third-order valence-electron chi connectivity index (χ3n) is 5.69. The lowest BCUT2D eigenvalue weighted by atomic mass is 9.99. The molecule has 3 aromatic rings. The van der Waals surface area contributed by atoms with Crippen LogP contribution in [0.3, 0.4) is 0 Å². The number of hydrogen-bond donors (Lipinski definition) is 2. The summed E-state index contributed by atoms with van der Waals surface area (Å²) in [5, 5.41) is 18.1. The van der Waals surface area contributed by atoms with E-state index < -0.39 is 17.9 Å². The van der Waals surface area contributed by atoms with Crippen molar-refractivity contribution in [2.45, 2.75) is 6.42 Å². The van der Waals surface area contributed by atoms with Crippen molar-refractivity contribution >= 4 is 29.5 Å². The van der Waals surface area contributed by atoms with Crippen LogP contribution in [0.2, 0.25) is 0 Å². The minimum atomic E-state index is -1.51. The second-order valence-electron chi connectivity index (χ2n) is 8.61. The van der Waals surface area contributed by atoms with E-state index in [0.717, 1.165) is 5.56 Å². The first-order valence-corrected chi connectivity index (χ1v) is 11.6. The molecule has 0 saturated heterocycles. The lowest BCUT2D eigenvalue weighted by Gasteiger charge is -2.16. The summed E-state index contributed by atoms with van der Waals surface area (Å²) >= 11 is 0. The molecular weight excluding hydrogens is 490 g/mol. The van der Waals surface area contributed by atoms with Crippen molar-refractivity contribution in [1.29, 1.82) is 0 Å². The van der Waals surface area contributed by atoms with Gasteiger partial charge in [-0.3, -0.25) is 14.4 Å². The van der Waals surface area contributed by atoms with Crippen molar-refractivity contribution in [3.8, 4) is 23.0 Å². The molecule has 38 heavy (non-hydrogen) atoms. The van der Waals surface area contributed by atoms with E-state index >= 15 is 0 Å². The maximum absolute atomic E-state index is 13.0. The lowest BCUT2D eigenvalue weighted by molar-refractivity contribution is -0.154. The number of benzene rings is 3. The van der Waals surface area contributed by atoms with Gasteiger partial charge in [-0.05, 0) is 65.6 Å². The van der Waals surface area contributed by atoms with Crippen LogP contribution in [0.4, 0.5) is 0 Å². The first-order valence-electron chi connectivity index (χ1n) is 11.6. The number of ether oxygens (including phenoxy) is 3. The fraction of sp³-hybridized carbons (Fsp3) is 0.207. The van der Waals surface area contributed by atoms with Crippen molar-refractivity contribution in [3.63, 3.8) is 0 Å². The van der Waals surface area contributed by atoms with E-state index in [-0.39, 0.29) is 12.3 Å². The summed E-state index contributed by atoms with van der Waals surface area (Å²) < 4.78 is 16.6. The number of carbonyl (C=O) groups excluding carboxylic acids is 1. The van der Waals surface area contributed by atoms with Gasteiger partial charge in [0.1, 0.15) is 23.0 Å². The molecule has 9 nitrogen and oxygen atoms in total. The average molecular weight is 520 g/mol. The highest BCUT2D eigenvalue weighted by atomic mass is 16.5. The van der Waals surface area contributed by atoms with Crippen LogP contribution >= 0.6 is 0 Å². The molecule has 0 bridgehead atoms. The van der Waals surface area contributed by atoms with Gasteiger partial charge in [-0.2, -0.15) is 0 Å². The number of hydrogen-bond acceptors (Lipinski definition) is 6. The molecule has 0 spiro atoms. The smallest absolute Gasteiger partial charge is 0.318 e. The van der Waals surface area contributed by atoms with Gasteiger partial charge < -0.3 is 29.3 Å². The van der Waals surface area contributed by atoms with E-state index in [2.05, 4.69) is 0 Å². The molecule has 0 atom stereocenters. The number of carboxylic acid groups (broad SMARTS) is 2. The van der Waals surface area contributed by atoms with Crippen LogP contribution in [0, 0.1) is 5.92 Å². The second kappa shape index (κ2) is 12.4. The van der Waals surface area contributed by atoms with E-state index in [0.29, 0.717) is 39.7 Å². The highest BCUT2D eigenvalue weighted by Crippen LogP contribution is 2.30. The Morgan fingerprint density at radius 2 is 1.29 bits per heavy atom. The molecule has 9 heteroatoms. The Bertz CT molecular complexity index is 1290. The molecule has 0 fully saturated rings. The Hall–Kier alpha value is -4.79. The van der Waals surface area contributed by atoms with Crippen LogP contribution in [0.25, 0.3) is 11.6 Å². The molecule has 2 N–H and O–H groups in total. The van der Waals surface area contributed by atoms with E-state index in [4.69, 9.17) is 24.4 Å². The van der Waals surface area contributed by atoms with Gasteiger partial charge in [-0.1, -0.05) is 24.3 Å². The normalized spacial score (nSPS) is 11.1. The van der Waals surface area contributed by atoms with E-state index in [1.165, 1.54) is 4.90 Å². The van der Waals surface area contributed by atoms with E-state index in [1.807, 2.05) is 12.1 Å². The van der Waals surface area contributed by atoms with Crippen LogP contribution in [0.5, 0.6) is 23.0 Å². The van der Waals surface area contributed by atoms with Crippen molar-refractivity contribution in [1.82, 2.24) is 4.90 Å². The molecule has 0 saturated carbocycles. The Kier molecular flexibility index (Phi) is 9.10. The Morgan fingerprint density at radius 1 is 0.789 bits per heavy atom. The van der Waals surface area contributed by atoms with Gasteiger partial charge in [-0.25, -0.2) is 0 Å². The largest absolute Gasteiger partial charge is 0.497 e. The Morgan fingerprint density at radius 3 is 1.74 bits per heavy atom. The predicted octanol–water partition coefficient (Wildman–Crippen LogP) is 4.45. The highest BCUT2D eigenvalue weighted by molar-refractivity contribution is 6.24. The third kappa shape index (κ3) is 7.13. The molecule has 198 valence electrons. The topological polar surface area (TPSA) is 123 Å². The average Bonchev–Trinajstić information content (AvgIpc) is 2.90. The molecule has 1 amide bonds. The first-order chi connectivity index (χ1) is 18.1. The summed E-state index contributed by atoms with van der Waals surface area (Å²) in [5.74, 6) is -2.28. The van der Waals surface area contributed by atoms with Crippen molar-refractivity contribution in [2.75, 3.05) is 28.3 Å². The zero-order valence-electron chi connectivity index (χ0n) is 21.5. The maximum Gasteiger partial charge on any atom is 0.318 e. The minimum Gasteiger partial charge on any atom is -0.497 e. The number of nitrogens with zero attached hydrogens (tertiary/aromatic N) is 1. The number of aliphatic carboxylic acids is 2. The van der Waals surface area contributed by atoms with Gasteiger partial charge in [0.15, 0.2) is 5.92 Å². The SMILES string of the molecule is COc1cc(OC)cc(C(=Cc2ccc(Oc3ccc(CC(C(=O)O)C(=O)O)cc3)cc2)C(=O)N(C)C)c1. The molecule has 0 heterocycles. The number of likely N-dealkylation sites (N-methyl/N-ethyl adjacent to an activating group) is 1. The molecule has 3 aromatic carbocycles. The van der Waals surface area contributed by atoms with Gasteiger partial charge in [0.05, 0.1) is 14.2 Å². The number of rotatable bonds is 11. The first kappa shape index (κ1) is 27.8.